The Morgan fingerprint density at radius 1 is 0.548 bits per heavy atom. The summed E-state index contributed by atoms with van der Waals surface area (Å²) < 4.78 is 15.9. The predicted octanol–water partition coefficient (Wildman–Crippen LogP) is 7.66. The van der Waals surface area contributed by atoms with Gasteiger partial charge in [-0.25, -0.2) is 14.4 Å². The number of rotatable bonds is 29. The Labute approximate surface area is 430 Å². The second kappa shape index (κ2) is 30.8. The highest BCUT2D eigenvalue weighted by atomic mass is 16.6. The third kappa shape index (κ3) is 24.8. The van der Waals surface area contributed by atoms with Gasteiger partial charge in [0.05, 0.1) is 0 Å². The summed E-state index contributed by atoms with van der Waals surface area (Å²) in [5, 5.41) is 25.7. The van der Waals surface area contributed by atoms with Crippen molar-refractivity contribution in [3.63, 3.8) is 0 Å². The van der Waals surface area contributed by atoms with Crippen LogP contribution in [0.3, 0.4) is 0 Å². The molecule has 0 aliphatic heterocycles. The number of benzene rings is 3. The number of aryl methyl sites for hydroxylation is 1. The summed E-state index contributed by atoms with van der Waals surface area (Å²) in [4.78, 5) is 105. The van der Waals surface area contributed by atoms with Crippen LogP contribution in [0.1, 0.15) is 148 Å². The molecular formula is C55H78N6O12. The van der Waals surface area contributed by atoms with E-state index in [1.807, 2.05) is 54.6 Å². The number of alkyl carbamates (subject to hydrolysis) is 2. The van der Waals surface area contributed by atoms with Crippen LogP contribution < -0.4 is 31.9 Å². The maximum atomic E-state index is 14.3. The first-order chi connectivity index (χ1) is 34.5. The van der Waals surface area contributed by atoms with Crippen LogP contribution in [0, 0.1) is 0 Å². The first-order valence-corrected chi connectivity index (χ1v) is 25.3. The molecule has 400 valence electrons. The van der Waals surface area contributed by atoms with Gasteiger partial charge in [0, 0.05) is 25.1 Å². The number of ether oxygens (including phenoxy) is 3. The molecule has 0 heterocycles. The number of carbonyl (C=O) groups is 8. The third-order valence-corrected chi connectivity index (χ3v) is 11.2. The maximum absolute atomic E-state index is 14.3. The summed E-state index contributed by atoms with van der Waals surface area (Å²) in [5.74, 6) is -4.68. The summed E-state index contributed by atoms with van der Waals surface area (Å²) in [5.41, 5.74) is 2.78. The van der Waals surface area contributed by atoms with Crippen molar-refractivity contribution >= 4 is 47.8 Å². The molecule has 0 aliphatic rings. The van der Waals surface area contributed by atoms with Crippen molar-refractivity contribution in [1.82, 2.24) is 31.9 Å². The van der Waals surface area contributed by atoms with Gasteiger partial charge in [-0.2, -0.15) is 0 Å². The summed E-state index contributed by atoms with van der Waals surface area (Å²) in [6, 6.07) is 19.4. The van der Waals surface area contributed by atoms with Crippen LogP contribution in [0.5, 0.6) is 0 Å². The number of carboxylic acid groups (broad SMARTS) is 1. The summed E-state index contributed by atoms with van der Waals surface area (Å²) in [7, 11) is 0. The predicted molar refractivity (Wildman–Crippen MR) is 277 cm³/mol. The number of hydrogen-bond donors (Lipinski definition) is 7. The van der Waals surface area contributed by atoms with Crippen LogP contribution >= 0.6 is 0 Å². The molecule has 3 aromatic rings. The highest BCUT2D eigenvalue weighted by Crippen LogP contribution is 2.22. The van der Waals surface area contributed by atoms with Gasteiger partial charge in [-0.05, 0) is 147 Å². The topological polar surface area (TPSA) is 257 Å². The average molecular weight is 1020 g/mol. The van der Waals surface area contributed by atoms with E-state index in [4.69, 9.17) is 14.2 Å². The molecule has 4 atom stereocenters. The van der Waals surface area contributed by atoms with Gasteiger partial charge in [0.15, 0.2) is 0 Å². The van der Waals surface area contributed by atoms with E-state index >= 15 is 0 Å². The Bertz CT molecular complexity index is 2240. The highest BCUT2D eigenvalue weighted by molar-refractivity contribution is 5.99. The number of carbonyl (C=O) groups excluding carboxylic acids is 7. The second-order valence-electron chi connectivity index (χ2n) is 20.0. The van der Waals surface area contributed by atoms with Crippen molar-refractivity contribution in [2.45, 2.75) is 174 Å². The normalized spacial score (nSPS) is 12.9. The first kappa shape index (κ1) is 60.3. The molecule has 0 unspecified atom stereocenters. The van der Waals surface area contributed by atoms with E-state index < -0.39 is 83.1 Å². The molecule has 0 saturated heterocycles. The monoisotopic (exact) mass is 1010 g/mol. The van der Waals surface area contributed by atoms with Gasteiger partial charge < -0.3 is 51.2 Å². The van der Waals surface area contributed by atoms with Crippen molar-refractivity contribution in [2.24, 2.45) is 0 Å². The summed E-state index contributed by atoms with van der Waals surface area (Å²) in [6.45, 7) is 14.4. The van der Waals surface area contributed by atoms with Gasteiger partial charge >= 0.3 is 24.1 Å². The molecule has 3 aromatic carbocycles. The first-order valence-electron chi connectivity index (χ1n) is 25.3. The van der Waals surface area contributed by atoms with Gasteiger partial charge in [-0.3, -0.25) is 24.0 Å². The van der Waals surface area contributed by atoms with Crippen LogP contribution in [0.2, 0.25) is 0 Å². The number of carboxylic acids is 1. The van der Waals surface area contributed by atoms with Crippen molar-refractivity contribution < 1.29 is 57.7 Å². The molecule has 3 rings (SSSR count). The minimum absolute atomic E-state index is 0.0275. The molecule has 7 N–H and O–H groups in total. The van der Waals surface area contributed by atoms with Crippen molar-refractivity contribution in [2.75, 3.05) is 13.1 Å². The van der Waals surface area contributed by atoms with Crippen LogP contribution in [0.25, 0.3) is 11.1 Å². The van der Waals surface area contributed by atoms with Crippen molar-refractivity contribution in [3.8, 4) is 11.1 Å². The van der Waals surface area contributed by atoms with Crippen LogP contribution in [-0.4, -0.2) is 101 Å². The molecule has 73 heavy (non-hydrogen) atoms. The van der Waals surface area contributed by atoms with Crippen LogP contribution in [-0.2, 0) is 51.2 Å². The number of aliphatic carboxylic acids is 1. The Kier molecular flexibility index (Phi) is 25.5. The van der Waals surface area contributed by atoms with E-state index in [1.165, 1.54) is 12.5 Å². The summed E-state index contributed by atoms with van der Waals surface area (Å²) in [6.07, 6.45) is 3.49. The van der Waals surface area contributed by atoms with Gasteiger partial charge in [0.2, 0.25) is 17.7 Å². The van der Waals surface area contributed by atoms with Gasteiger partial charge in [-0.15, -0.1) is 0 Å². The third-order valence-electron chi connectivity index (χ3n) is 11.2. The largest absolute Gasteiger partial charge is 0.480 e. The van der Waals surface area contributed by atoms with E-state index in [1.54, 1.807) is 53.7 Å². The molecular weight excluding hydrogens is 937 g/mol. The molecule has 0 aliphatic carbocycles. The number of amides is 6. The standard InChI is InChI=1S/C55H78N6O12/c1-9-10-19-38-26-28-40(29-27-38)41-30-32-42(33-31-41)48(64)59-43(22-14-16-34-56-52(69)71-36-39-20-12-11-13-21-39)50(66)60-44(24-18-25-46(62)72-54(3,4)5)49(65)58-37(2)47(63)61-45(51(67)68)23-15-17-35-57-53(70)73-55(6,7)8/h11-13,20-21,26-33,37,43-45H,9-10,14-19,22-25,34-36H2,1-8H3,(H,56,69)(H,57,70)(H,58,65)(H,59,64)(H,60,66)(H,61,63)(H,67,68)/t37-,43-,44-,45-/m0/s1. The van der Waals surface area contributed by atoms with Crippen LogP contribution in [0.15, 0.2) is 78.9 Å². The van der Waals surface area contributed by atoms with E-state index in [0.29, 0.717) is 25.7 Å². The Balaban J connectivity index is 1.75. The zero-order valence-electron chi connectivity index (χ0n) is 43.9. The van der Waals surface area contributed by atoms with Gasteiger partial charge in [-0.1, -0.05) is 80.1 Å². The van der Waals surface area contributed by atoms with E-state index in [-0.39, 0.29) is 57.4 Å². The Morgan fingerprint density at radius 2 is 1.07 bits per heavy atom. The molecule has 0 radical (unpaired) electrons. The number of esters is 1. The molecule has 18 nitrogen and oxygen atoms in total. The lowest BCUT2D eigenvalue weighted by molar-refractivity contribution is -0.155. The van der Waals surface area contributed by atoms with Crippen molar-refractivity contribution in [3.05, 3.63) is 95.6 Å². The SMILES string of the molecule is CCCCc1ccc(-c2ccc(C(=O)N[C@@H](CCCCNC(=O)OCc3ccccc3)C(=O)N[C@@H](CCCC(=O)OC(C)(C)C)C(=O)N[C@@H](C)C(=O)N[C@@H](CCCCNC(=O)OC(C)(C)C)C(=O)O)cc2)cc1. The van der Waals surface area contributed by atoms with Gasteiger partial charge in [0.1, 0.15) is 42.0 Å². The maximum Gasteiger partial charge on any atom is 0.407 e. The molecule has 0 aromatic heterocycles. The zero-order valence-corrected chi connectivity index (χ0v) is 43.9. The Morgan fingerprint density at radius 3 is 1.64 bits per heavy atom. The smallest absolute Gasteiger partial charge is 0.407 e. The fraction of sp³-hybridized carbons (Fsp3) is 0.527. The fourth-order valence-corrected chi connectivity index (χ4v) is 7.30. The molecule has 6 amide bonds. The van der Waals surface area contributed by atoms with E-state index in [2.05, 4.69) is 51.0 Å². The van der Waals surface area contributed by atoms with Gasteiger partial charge in [0.25, 0.3) is 5.91 Å². The zero-order chi connectivity index (χ0) is 54.0. The lowest BCUT2D eigenvalue weighted by atomic mass is 10.0. The summed E-state index contributed by atoms with van der Waals surface area (Å²) >= 11 is 0. The Hall–Kier alpha value is -6.98. The lowest BCUT2D eigenvalue weighted by Crippen LogP contribution is -2.57. The molecule has 0 fully saturated rings. The minimum Gasteiger partial charge on any atom is -0.480 e. The molecule has 0 spiro atoms. The molecule has 18 heteroatoms. The van der Waals surface area contributed by atoms with E-state index in [9.17, 15) is 43.5 Å². The second-order valence-corrected chi connectivity index (χ2v) is 20.0. The molecule has 0 bridgehead atoms. The number of hydrogen-bond acceptors (Lipinski definition) is 11. The average Bonchev–Trinajstić information content (AvgIpc) is 3.32. The lowest BCUT2D eigenvalue weighted by Gasteiger charge is -2.25. The number of unbranched alkanes of at least 4 members (excludes halogenated alkanes) is 3. The number of nitrogens with one attached hydrogen (secondary N) is 6. The quantitative estimate of drug-likeness (QED) is 0.0201. The van der Waals surface area contributed by atoms with Crippen LogP contribution in [0.4, 0.5) is 9.59 Å². The van der Waals surface area contributed by atoms with Crippen molar-refractivity contribution in [1.29, 1.82) is 0 Å². The molecule has 0 saturated carbocycles. The highest BCUT2D eigenvalue weighted by Gasteiger charge is 2.30. The van der Waals surface area contributed by atoms with E-state index in [0.717, 1.165) is 36.0 Å². The minimum atomic E-state index is -1.31. The fourth-order valence-electron chi connectivity index (χ4n) is 7.30.